The number of hydrogen-bond donors (Lipinski definition) is 5. The second-order valence-corrected chi connectivity index (χ2v) is 5.02. The van der Waals surface area contributed by atoms with E-state index in [0.717, 1.165) is 5.56 Å². The van der Waals surface area contributed by atoms with E-state index in [0.29, 0.717) is 0 Å². The van der Waals surface area contributed by atoms with E-state index in [1.54, 1.807) is 36.4 Å². The van der Waals surface area contributed by atoms with Gasteiger partial charge in [-0.25, -0.2) is 0 Å². The molecule has 1 fully saturated rings. The summed E-state index contributed by atoms with van der Waals surface area (Å²) in [5, 5.41) is 47.2. The molecule has 0 radical (unpaired) electrons. The molecule has 0 bridgehead atoms. The number of phenolic OH excluding ortho intramolecular Hbond substituents is 1. The summed E-state index contributed by atoms with van der Waals surface area (Å²) >= 11 is 0. The van der Waals surface area contributed by atoms with Crippen molar-refractivity contribution < 1.29 is 35.0 Å². The van der Waals surface area contributed by atoms with E-state index < -0.39 is 37.3 Å². The molecule has 1 aliphatic heterocycles. The Morgan fingerprint density at radius 2 is 1.73 bits per heavy atom. The van der Waals surface area contributed by atoms with Gasteiger partial charge in [-0.3, -0.25) is 0 Å². The molecular weight excluding hydrogens is 292 g/mol. The number of rotatable bonds is 5. The van der Waals surface area contributed by atoms with Gasteiger partial charge in [0, 0.05) is 0 Å². The minimum absolute atomic E-state index is 0.101. The molecule has 1 aliphatic rings. The Morgan fingerprint density at radius 1 is 1.05 bits per heavy atom. The first kappa shape index (κ1) is 16.9. The monoisotopic (exact) mass is 312 g/mol. The van der Waals surface area contributed by atoms with E-state index in [1.165, 1.54) is 0 Å². The molecule has 5 atom stereocenters. The van der Waals surface area contributed by atoms with Crippen LogP contribution in [0.15, 0.2) is 30.3 Å². The molecule has 0 unspecified atom stereocenters. The van der Waals surface area contributed by atoms with Crippen LogP contribution in [0.25, 0.3) is 6.08 Å². The van der Waals surface area contributed by atoms with E-state index in [4.69, 9.17) is 19.7 Å². The normalized spacial score (nSPS) is 32.5. The Bertz CT molecular complexity index is 485. The summed E-state index contributed by atoms with van der Waals surface area (Å²) < 4.78 is 10.5. The van der Waals surface area contributed by atoms with Gasteiger partial charge in [0.05, 0.1) is 13.2 Å². The first-order valence-corrected chi connectivity index (χ1v) is 6.90. The molecule has 0 spiro atoms. The van der Waals surface area contributed by atoms with E-state index in [1.807, 2.05) is 0 Å². The maximum atomic E-state index is 9.77. The fraction of sp³-hybridized carbons (Fsp3) is 0.467. The zero-order valence-corrected chi connectivity index (χ0v) is 11.8. The molecule has 0 saturated carbocycles. The van der Waals surface area contributed by atoms with Crippen LogP contribution in [0.4, 0.5) is 0 Å². The van der Waals surface area contributed by atoms with Crippen molar-refractivity contribution >= 4 is 6.08 Å². The van der Waals surface area contributed by atoms with Gasteiger partial charge in [-0.2, -0.15) is 0 Å². The summed E-state index contributed by atoms with van der Waals surface area (Å²) in [6, 6.07) is 6.55. The van der Waals surface area contributed by atoms with Crippen molar-refractivity contribution in [1.29, 1.82) is 0 Å². The molecular formula is C15H20O7. The first-order valence-electron chi connectivity index (χ1n) is 6.90. The molecule has 2 rings (SSSR count). The van der Waals surface area contributed by atoms with E-state index in [-0.39, 0.29) is 12.4 Å². The lowest BCUT2D eigenvalue weighted by Crippen LogP contribution is -2.59. The lowest BCUT2D eigenvalue weighted by Gasteiger charge is -2.39. The van der Waals surface area contributed by atoms with Gasteiger partial charge in [0.15, 0.2) is 6.29 Å². The summed E-state index contributed by atoms with van der Waals surface area (Å²) in [7, 11) is 0. The minimum atomic E-state index is -1.45. The maximum Gasteiger partial charge on any atom is 0.187 e. The van der Waals surface area contributed by atoms with Crippen LogP contribution in [-0.4, -0.2) is 69.5 Å². The summed E-state index contributed by atoms with van der Waals surface area (Å²) in [5.41, 5.74) is 0.857. The van der Waals surface area contributed by atoms with Crippen LogP contribution in [0.1, 0.15) is 5.56 Å². The smallest absolute Gasteiger partial charge is 0.187 e. The third-order valence-electron chi connectivity index (χ3n) is 3.41. The van der Waals surface area contributed by atoms with Crippen molar-refractivity contribution in [2.75, 3.05) is 13.2 Å². The Hall–Kier alpha value is -1.48. The largest absolute Gasteiger partial charge is 0.508 e. The number of benzene rings is 1. The Kier molecular flexibility index (Phi) is 5.90. The minimum Gasteiger partial charge on any atom is -0.508 e. The predicted molar refractivity (Wildman–Crippen MR) is 76.9 cm³/mol. The van der Waals surface area contributed by atoms with Crippen molar-refractivity contribution in [3.63, 3.8) is 0 Å². The van der Waals surface area contributed by atoms with Crippen molar-refractivity contribution in [3.8, 4) is 5.75 Å². The predicted octanol–water partition coefficient (Wildman–Crippen LogP) is -0.778. The van der Waals surface area contributed by atoms with Crippen LogP contribution in [0, 0.1) is 0 Å². The van der Waals surface area contributed by atoms with Crippen molar-refractivity contribution in [1.82, 2.24) is 0 Å². The summed E-state index contributed by atoms with van der Waals surface area (Å²) in [4.78, 5) is 0. The fourth-order valence-corrected chi connectivity index (χ4v) is 2.13. The summed E-state index contributed by atoms with van der Waals surface area (Å²) in [5.74, 6) is 0.176. The average Bonchev–Trinajstić information content (AvgIpc) is 2.53. The molecule has 1 heterocycles. The van der Waals surface area contributed by atoms with Gasteiger partial charge in [-0.15, -0.1) is 0 Å². The number of aliphatic hydroxyl groups is 4. The fourth-order valence-electron chi connectivity index (χ4n) is 2.13. The van der Waals surface area contributed by atoms with Crippen molar-refractivity contribution in [2.45, 2.75) is 30.7 Å². The van der Waals surface area contributed by atoms with Crippen LogP contribution < -0.4 is 0 Å². The molecule has 7 heteroatoms. The third-order valence-corrected chi connectivity index (χ3v) is 3.41. The molecule has 1 aromatic rings. The van der Waals surface area contributed by atoms with Gasteiger partial charge in [-0.05, 0) is 17.7 Å². The third kappa shape index (κ3) is 4.04. The first-order chi connectivity index (χ1) is 10.5. The van der Waals surface area contributed by atoms with Gasteiger partial charge in [-0.1, -0.05) is 24.3 Å². The highest BCUT2D eigenvalue weighted by atomic mass is 16.7. The lowest BCUT2D eigenvalue weighted by atomic mass is 9.99. The second-order valence-electron chi connectivity index (χ2n) is 5.02. The highest BCUT2D eigenvalue weighted by molar-refractivity contribution is 5.50. The van der Waals surface area contributed by atoms with Gasteiger partial charge in [0.2, 0.25) is 0 Å². The highest BCUT2D eigenvalue weighted by Crippen LogP contribution is 2.22. The van der Waals surface area contributed by atoms with Crippen molar-refractivity contribution in [3.05, 3.63) is 35.9 Å². The van der Waals surface area contributed by atoms with Gasteiger partial charge < -0.3 is 35.0 Å². The molecule has 1 saturated heterocycles. The molecule has 22 heavy (non-hydrogen) atoms. The number of aliphatic hydroxyl groups excluding tert-OH is 4. The van der Waals surface area contributed by atoms with Gasteiger partial charge in [0.1, 0.15) is 30.2 Å². The van der Waals surface area contributed by atoms with Crippen LogP contribution in [0.2, 0.25) is 0 Å². The topological polar surface area (TPSA) is 120 Å². The number of aromatic hydroxyl groups is 1. The Morgan fingerprint density at radius 3 is 2.36 bits per heavy atom. The molecule has 7 nitrogen and oxygen atoms in total. The zero-order chi connectivity index (χ0) is 16.1. The summed E-state index contributed by atoms with van der Waals surface area (Å²) in [6.45, 7) is -0.391. The molecule has 122 valence electrons. The molecule has 0 aliphatic carbocycles. The lowest BCUT2D eigenvalue weighted by molar-refractivity contribution is -0.298. The zero-order valence-electron chi connectivity index (χ0n) is 11.8. The molecule has 1 aromatic carbocycles. The Labute approximate surface area is 127 Å². The number of ether oxygens (including phenoxy) is 2. The SMILES string of the molecule is OC[C@H]1O[C@@H](OC/C=C/c2ccc(O)cc2)[C@H](O)[C@@H](O)[C@@H]1O. The second kappa shape index (κ2) is 7.68. The van der Waals surface area contributed by atoms with E-state index in [9.17, 15) is 15.3 Å². The summed E-state index contributed by atoms with van der Waals surface area (Å²) in [6.07, 6.45) is -2.94. The standard InChI is InChI=1S/C15H20O7/c16-8-11-12(18)13(19)14(20)15(22-11)21-7-1-2-9-3-5-10(17)6-4-9/h1-6,11-20H,7-8H2/b2-1+/t11-,12-,13+,14-,15-/m1/s1. The Balaban J connectivity index is 1.86. The van der Waals surface area contributed by atoms with Crippen LogP contribution >= 0.6 is 0 Å². The number of hydrogen-bond acceptors (Lipinski definition) is 7. The average molecular weight is 312 g/mol. The van der Waals surface area contributed by atoms with E-state index >= 15 is 0 Å². The van der Waals surface area contributed by atoms with Crippen LogP contribution in [-0.2, 0) is 9.47 Å². The quantitative estimate of drug-likeness (QED) is 0.484. The van der Waals surface area contributed by atoms with Gasteiger partial charge in [0.25, 0.3) is 0 Å². The molecule has 5 N–H and O–H groups in total. The van der Waals surface area contributed by atoms with Gasteiger partial charge >= 0.3 is 0 Å². The van der Waals surface area contributed by atoms with Crippen LogP contribution in [0.3, 0.4) is 0 Å². The maximum absolute atomic E-state index is 9.77. The molecule has 0 amide bonds. The number of phenols is 1. The molecule has 0 aromatic heterocycles. The van der Waals surface area contributed by atoms with E-state index in [2.05, 4.69) is 0 Å². The van der Waals surface area contributed by atoms with Crippen molar-refractivity contribution in [2.24, 2.45) is 0 Å². The highest BCUT2D eigenvalue weighted by Gasteiger charge is 2.43. The van der Waals surface area contributed by atoms with Crippen LogP contribution in [0.5, 0.6) is 5.75 Å².